The van der Waals surface area contributed by atoms with Crippen molar-refractivity contribution >= 4 is 5.97 Å². The molecule has 2 heterocycles. The van der Waals surface area contributed by atoms with Gasteiger partial charge < -0.3 is 9.15 Å². The molecule has 3 rings (SSSR count). The van der Waals surface area contributed by atoms with Gasteiger partial charge in [-0.25, -0.2) is 4.98 Å². The molecule has 0 aliphatic heterocycles. The van der Waals surface area contributed by atoms with E-state index in [-0.39, 0.29) is 11.9 Å². The summed E-state index contributed by atoms with van der Waals surface area (Å²) in [6, 6.07) is 9.80. The van der Waals surface area contributed by atoms with Crippen molar-refractivity contribution in [1.29, 1.82) is 0 Å². The van der Waals surface area contributed by atoms with E-state index in [2.05, 4.69) is 10.1 Å². The quantitative estimate of drug-likeness (QED) is 0.653. The third kappa shape index (κ3) is 3.27. The van der Waals surface area contributed by atoms with Gasteiger partial charge >= 0.3 is 5.97 Å². The van der Waals surface area contributed by atoms with Crippen molar-refractivity contribution in [3.8, 4) is 11.5 Å². The number of nitrogens with zero attached hydrogens (tertiary/aromatic N) is 3. The minimum atomic E-state index is -0.355. The van der Waals surface area contributed by atoms with Crippen LogP contribution in [0, 0.1) is 20.8 Å². The average molecular weight is 353 g/mol. The molecule has 0 fully saturated rings. The molecule has 1 unspecified atom stereocenters. The van der Waals surface area contributed by atoms with Gasteiger partial charge in [-0.1, -0.05) is 18.2 Å². The highest BCUT2D eigenvalue weighted by Gasteiger charge is 2.24. The summed E-state index contributed by atoms with van der Waals surface area (Å²) >= 11 is 0. The fourth-order valence-corrected chi connectivity index (χ4v) is 3.21. The molecule has 6 nitrogen and oxygen atoms in total. The van der Waals surface area contributed by atoms with E-state index >= 15 is 0 Å². The van der Waals surface area contributed by atoms with Crippen LogP contribution in [0.3, 0.4) is 0 Å². The molecule has 0 aliphatic rings. The van der Waals surface area contributed by atoms with Crippen molar-refractivity contribution < 1.29 is 13.9 Å². The second-order valence-electron chi connectivity index (χ2n) is 6.37. The van der Waals surface area contributed by atoms with Crippen molar-refractivity contribution in [2.75, 3.05) is 7.11 Å². The maximum Gasteiger partial charge on any atom is 0.312 e. The number of carbonyl (C=O) groups excluding carboxylic acids is 1. The molecule has 0 radical (unpaired) electrons. The molecule has 3 aromatic rings. The lowest BCUT2D eigenvalue weighted by Crippen LogP contribution is -2.13. The Morgan fingerprint density at radius 2 is 1.92 bits per heavy atom. The van der Waals surface area contributed by atoms with E-state index in [9.17, 15) is 4.79 Å². The molecular weight excluding hydrogens is 330 g/mol. The monoisotopic (exact) mass is 353 g/mol. The number of aromatic nitrogens is 3. The van der Waals surface area contributed by atoms with Crippen LogP contribution in [-0.2, 0) is 16.1 Å². The van der Waals surface area contributed by atoms with E-state index in [0.717, 1.165) is 34.0 Å². The van der Waals surface area contributed by atoms with E-state index in [4.69, 9.17) is 9.15 Å². The maximum absolute atomic E-state index is 11.9. The number of ether oxygens (including phenoxy) is 1. The summed E-state index contributed by atoms with van der Waals surface area (Å²) in [6.07, 6.45) is 0. The van der Waals surface area contributed by atoms with Crippen LogP contribution in [0.4, 0.5) is 0 Å². The Morgan fingerprint density at radius 3 is 2.58 bits per heavy atom. The molecule has 136 valence electrons. The summed E-state index contributed by atoms with van der Waals surface area (Å²) in [5, 5.41) is 4.59. The van der Waals surface area contributed by atoms with Crippen molar-refractivity contribution in [1.82, 2.24) is 14.8 Å². The molecule has 0 amide bonds. The van der Waals surface area contributed by atoms with Crippen LogP contribution in [-0.4, -0.2) is 27.8 Å². The summed E-state index contributed by atoms with van der Waals surface area (Å²) < 4.78 is 12.6. The van der Waals surface area contributed by atoms with Crippen molar-refractivity contribution in [2.45, 2.75) is 40.2 Å². The van der Waals surface area contributed by atoms with Crippen LogP contribution < -0.4 is 0 Å². The highest BCUT2D eigenvalue weighted by atomic mass is 16.5. The Kier molecular flexibility index (Phi) is 4.93. The highest BCUT2D eigenvalue weighted by molar-refractivity contribution is 5.78. The molecule has 6 heteroatoms. The third-order valence-electron chi connectivity index (χ3n) is 4.64. The van der Waals surface area contributed by atoms with E-state index in [1.165, 1.54) is 7.11 Å². The molecule has 1 atom stereocenters. The number of aryl methyl sites for hydroxylation is 2. The van der Waals surface area contributed by atoms with Gasteiger partial charge in [0.25, 0.3) is 0 Å². The maximum atomic E-state index is 11.9. The normalized spacial score (nSPS) is 12.2. The van der Waals surface area contributed by atoms with Gasteiger partial charge in [0.05, 0.1) is 25.3 Å². The van der Waals surface area contributed by atoms with E-state index < -0.39 is 0 Å². The topological polar surface area (TPSA) is 70.2 Å². The van der Waals surface area contributed by atoms with Crippen molar-refractivity contribution in [3.05, 3.63) is 58.7 Å². The molecule has 1 aromatic carbocycles. The number of esters is 1. The summed E-state index contributed by atoms with van der Waals surface area (Å²) in [5.74, 6) is 0.744. The molecule has 0 spiro atoms. The molecule has 0 saturated carbocycles. The van der Waals surface area contributed by atoms with Crippen LogP contribution in [0.2, 0.25) is 0 Å². The molecule has 0 N–H and O–H groups in total. The van der Waals surface area contributed by atoms with Crippen LogP contribution in [0.15, 0.2) is 34.7 Å². The molecule has 2 aromatic heterocycles. The zero-order chi connectivity index (χ0) is 18.8. The fourth-order valence-electron chi connectivity index (χ4n) is 3.21. The summed E-state index contributed by atoms with van der Waals surface area (Å²) in [6.45, 7) is 8.09. The summed E-state index contributed by atoms with van der Waals surface area (Å²) in [5.41, 5.74) is 4.43. The van der Waals surface area contributed by atoms with Crippen LogP contribution in [0.1, 0.15) is 41.2 Å². The van der Waals surface area contributed by atoms with Gasteiger partial charge in [0.2, 0.25) is 5.89 Å². The van der Waals surface area contributed by atoms with E-state index in [1.807, 2.05) is 62.7 Å². The van der Waals surface area contributed by atoms with Gasteiger partial charge in [-0.3, -0.25) is 9.48 Å². The lowest BCUT2D eigenvalue weighted by molar-refractivity contribution is -0.142. The minimum absolute atomic E-state index is 0.264. The Bertz CT molecular complexity index is 925. The first-order chi connectivity index (χ1) is 12.4. The zero-order valence-electron chi connectivity index (χ0n) is 15.7. The molecule has 26 heavy (non-hydrogen) atoms. The summed E-state index contributed by atoms with van der Waals surface area (Å²) in [4.78, 5) is 16.5. The van der Waals surface area contributed by atoms with Crippen molar-refractivity contribution in [2.24, 2.45) is 0 Å². The SMILES string of the molecule is COC(=O)C(C)c1c(C)nn(Cc2nc(-c3ccccc3)oc2C)c1C. The largest absolute Gasteiger partial charge is 0.469 e. The Morgan fingerprint density at radius 1 is 1.23 bits per heavy atom. The highest BCUT2D eigenvalue weighted by Crippen LogP contribution is 2.26. The Labute approximate surface area is 152 Å². The third-order valence-corrected chi connectivity index (χ3v) is 4.64. The second kappa shape index (κ2) is 7.15. The Hall–Kier alpha value is -2.89. The number of oxazole rings is 1. The zero-order valence-corrected chi connectivity index (χ0v) is 15.7. The Balaban J connectivity index is 1.91. The number of carbonyl (C=O) groups is 1. The lowest BCUT2D eigenvalue weighted by atomic mass is 9.99. The van der Waals surface area contributed by atoms with Gasteiger partial charge in [-0.15, -0.1) is 0 Å². The molecule has 0 saturated heterocycles. The predicted molar refractivity (Wildman–Crippen MR) is 97.9 cm³/mol. The summed E-state index contributed by atoms with van der Waals surface area (Å²) in [7, 11) is 1.40. The molecule has 0 bridgehead atoms. The van der Waals surface area contributed by atoms with Crippen molar-refractivity contribution in [3.63, 3.8) is 0 Å². The van der Waals surface area contributed by atoms with Gasteiger partial charge in [-0.05, 0) is 39.8 Å². The number of hydrogen-bond acceptors (Lipinski definition) is 5. The number of rotatable bonds is 5. The van der Waals surface area contributed by atoms with Crippen LogP contribution in [0.25, 0.3) is 11.5 Å². The standard InChI is InChI=1S/C20H23N3O3/c1-12(20(24)25-5)18-13(2)22-23(14(18)3)11-17-15(4)26-19(21-17)16-9-7-6-8-10-16/h6-10,12H,11H2,1-5H3. The first kappa shape index (κ1) is 17.9. The number of methoxy groups -OCH3 is 1. The predicted octanol–water partition coefficient (Wildman–Crippen LogP) is 3.79. The second-order valence-corrected chi connectivity index (χ2v) is 6.37. The van der Waals surface area contributed by atoms with Gasteiger partial charge in [0.1, 0.15) is 11.5 Å². The molecule has 0 aliphatic carbocycles. The van der Waals surface area contributed by atoms with Crippen LogP contribution in [0.5, 0.6) is 0 Å². The lowest BCUT2D eigenvalue weighted by Gasteiger charge is -2.10. The van der Waals surface area contributed by atoms with E-state index in [1.54, 1.807) is 0 Å². The number of hydrogen-bond donors (Lipinski definition) is 0. The minimum Gasteiger partial charge on any atom is -0.469 e. The smallest absolute Gasteiger partial charge is 0.312 e. The first-order valence-corrected chi connectivity index (χ1v) is 8.55. The average Bonchev–Trinajstić information content (AvgIpc) is 3.14. The van der Waals surface area contributed by atoms with Gasteiger partial charge in [0, 0.05) is 16.8 Å². The van der Waals surface area contributed by atoms with E-state index in [0.29, 0.717) is 12.4 Å². The fraction of sp³-hybridized carbons (Fsp3) is 0.350. The molecular formula is C20H23N3O3. The number of benzene rings is 1. The van der Waals surface area contributed by atoms with Gasteiger partial charge in [0.15, 0.2) is 0 Å². The van der Waals surface area contributed by atoms with Crippen LogP contribution >= 0.6 is 0 Å². The first-order valence-electron chi connectivity index (χ1n) is 8.55. The van der Waals surface area contributed by atoms with Gasteiger partial charge in [-0.2, -0.15) is 5.10 Å².